The van der Waals surface area contributed by atoms with Crippen LogP contribution >= 0.6 is 11.6 Å². The van der Waals surface area contributed by atoms with Gasteiger partial charge in [-0.1, -0.05) is 30.3 Å². The lowest BCUT2D eigenvalue weighted by molar-refractivity contribution is 0.0889. The first-order valence-electron chi connectivity index (χ1n) is 5.42. The molecule has 0 unspecified atom stereocenters. The smallest absolute Gasteiger partial charge is 0.220 e. The van der Waals surface area contributed by atoms with Crippen LogP contribution < -0.4 is 0 Å². The van der Waals surface area contributed by atoms with Crippen molar-refractivity contribution in [3.05, 3.63) is 53.2 Å². The fraction of sp³-hybridized carbons (Fsp3) is 0.308. The van der Waals surface area contributed by atoms with Gasteiger partial charge >= 0.3 is 0 Å². The monoisotopic (exact) mass is 251 g/mol. The Morgan fingerprint density at radius 1 is 1.24 bits per heavy atom. The van der Waals surface area contributed by atoms with Crippen LogP contribution in [0.5, 0.6) is 0 Å². The van der Waals surface area contributed by atoms with E-state index in [0.29, 0.717) is 30.7 Å². The Balaban J connectivity index is 1.86. The molecule has 0 radical (unpaired) electrons. The molecule has 0 spiro atoms. The summed E-state index contributed by atoms with van der Waals surface area (Å²) < 4.78 is 11.0. The first-order valence-corrected chi connectivity index (χ1v) is 5.96. The van der Waals surface area contributed by atoms with E-state index in [9.17, 15) is 0 Å². The van der Waals surface area contributed by atoms with Gasteiger partial charge < -0.3 is 9.15 Å². The van der Waals surface area contributed by atoms with E-state index in [4.69, 9.17) is 20.8 Å². The third-order valence-corrected chi connectivity index (χ3v) is 2.64. The van der Waals surface area contributed by atoms with E-state index in [1.54, 1.807) is 0 Å². The first-order chi connectivity index (χ1) is 8.29. The fourth-order valence-corrected chi connectivity index (χ4v) is 1.75. The highest BCUT2D eigenvalue weighted by atomic mass is 35.5. The molecule has 90 valence electrons. The Bertz CT molecular complexity index is 468. The molecular formula is C13H14ClNO2. The molecule has 4 heteroatoms. The third kappa shape index (κ3) is 3.32. The molecule has 0 N–H and O–H groups in total. The molecule has 0 bridgehead atoms. The van der Waals surface area contributed by atoms with Crippen molar-refractivity contribution < 1.29 is 9.15 Å². The highest BCUT2D eigenvalue weighted by molar-refractivity contribution is 6.16. The molecule has 2 aromatic rings. The van der Waals surface area contributed by atoms with Crippen LogP contribution in [0.3, 0.4) is 0 Å². The van der Waals surface area contributed by atoms with Crippen LogP contribution in [0.1, 0.15) is 22.9 Å². The second-order valence-electron chi connectivity index (χ2n) is 3.73. The summed E-state index contributed by atoms with van der Waals surface area (Å²) in [6.07, 6.45) is 0. The lowest BCUT2D eigenvalue weighted by atomic mass is 10.2. The molecule has 0 atom stereocenters. The van der Waals surface area contributed by atoms with E-state index < -0.39 is 0 Å². The molecule has 0 fully saturated rings. The standard InChI is InChI=1S/C13H14ClNO2/c1-10-12(7-14)17-13(15-10)9-16-8-11-5-3-2-4-6-11/h2-6H,7-9H2,1H3. The fourth-order valence-electron chi connectivity index (χ4n) is 1.50. The van der Waals surface area contributed by atoms with E-state index in [-0.39, 0.29) is 0 Å². The number of aromatic nitrogens is 1. The number of halogens is 1. The normalized spacial score (nSPS) is 10.7. The van der Waals surface area contributed by atoms with Gasteiger partial charge in [-0.05, 0) is 12.5 Å². The van der Waals surface area contributed by atoms with Crippen LogP contribution in [0.2, 0.25) is 0 Å². The molecule has 1 heterocycles. The molecule has 0 amide bonds. The first kappa shape index (κ1) is 12.1. The van der Waals surface area contributed by atoms with Crippen molar-refractivity contribution in [3.8, 4) is 0 Å². The topological polar surface area (TPSA) is 35.3 Å². The Morgan fingerprint density at radius 3 is 2.65 bits per heavy atom. The van der Waals surface area contributed by atoms with Crippen molar-refractivity contribution >= 4 is 11.6 Å². The minimum atomic E-state index is 0.345. The van der Waals surface area contributed by atoms with Gasteiger partial charge in [0.1, 0.15) is 12.4 Å². The largest absolute Gasteiger partial charge is 0.442 e. The summed E-state index contributed by atoms with van der Waals surface area (Å²) in [5.74, 6) is 1.64. The second-order valence-corrected chi connectivity index (χ2v) is 4.00. The number of oxazole rings is 1. The molecule has 1 aromatic carbocycles. The maximum absolute atomic E-state index is 5.70. The lowest BCUT2D eigenvalue weighted by Gasteiger charge is -2.01. The number of rotatable bonds is 5. The van der Waals surface area contributed by atoms with Crippen LogP contribution in [-0.2, 0) is 23.8 Å². The van der Waals surface area contributed by atoms with E-state index in [1.807, 2.05) is 37.3 Å². The number of nitrogens with zero attached hydrogens (tertiary/aromatic N) is 1. The number of alkyl halides is 1. The number of hydrogen-bond donors (Lipinski definition) is 0. The maximum Gasteiger partial charge on any atom is 0.220 e. The third-order valence-electron chi connectivity index (χ3n) is 2.40. The Labute approximate surface area is 105 Å². The molecule has 17 heavy (non-hydrogen) atoms. The van der Waals surface area contributed by atoms with Crippen molar-refractivity contribution in [2.75, 3.05) is 0 Å². The number of aryl methyl sites for hydroxylation is 1. The van der Waals surface area contributed by atoms with Gasteiger partial charge in [-0.15, -0.1) is 11.6 Å². The van der Waals surface area contributed by atoms with Crippen molar-refractivity contribution in [1.29, 1.82) is 0 Å². The van der Waals surface area contributed by atoms with Gasteiger partial charge in [0.25, 0.3) is 0 Å². The van der Waals surface area contributed by atoms with Crippen molar-refractivity contribution in [1.82, 2.24) is 4.98 Å². The summed E-state index contributed by atoms with van der Waals surface area (Å²) in [7, 11) is 0. The Morgan fingerprint density at radius 2 is 2.00 bits per heavy atom. The zero-order valence-corrected chi connectivity index (χ0v) is 10.4. The van der Waals surface area contributed by atoms with Crippen LogP contribution in [0, 0.1) is 6.92 Å². The predicted molar refractivity (Wildman–Crippen MR) is 65.7 cm³/mol. The van der Waals surface area contributed by atoms with Gasteiger partial charge in [-0.2, -0.15) is 0 Å². The SMILES string of the molecule is Cc1nc(COCc2ccccc2)oc1CCl. The molecule has 2 rings (SSSR count). The average Bonchev–Trinajstić information content (AvgIpc) is 2.71. The van der Waals surface area contributed by atoms with Crippen LogP contribution in [0.25, 0.3) is 0 Å². The van der Waals surface area contributed by atoms with E-state index in [0.717, 1.165) is 11.3 Å². The summed E-state index contributed by atoms with van der Waals surface area (Å²) in [5, 5.41) is 0. The van der Waals surface area contributed by atoms with Crippen LogP contribution in [-0.4, -0.2) is 4.98 Å². The van der Waals surface area contributed by atoms with E-state index >= 15 is 0 Å². The highest BCUT2D eigenvalue weighted by Crippen LogP contribution is 2.13. The van der Waals surface area contributed by atoms with Crippen LogP contribution in [0.4, 0.5) is 0 Å². The lowest BCUT2D eigenvalue weighted by Crippen LogP contribution is -1.94. The van der Waals surface area contributed by atoms with Gasteiger partial charge in [0.15, 0.2) is 0 Å². The zero-order chi connectivity index (χ0) is 12.1. The summed E-state index contributed by atoms with van der Waals surface area (Å²) in [6.45, 7) is 2.80. The average molecular weight is 252 g/mol. The summed E-state index contributed by atoms with van der Waals surface area (Å²) in [6, 6.07) is 9.99. The number of hydrogen-bond acceptors (Lipinski definition) is 3. The second kappa shape index (κ2) is 5.84. The molecule has 0 aliphatic carbocycles. The van der Waals surface area contributed by atoms with Gasteiger partial charge in [-0.25, -0.2) is 4.98 Å². The summed E-state index contributed by atoms with van der Waals surface area (Å²) >= 11 is 5.70. The molecule has 0 aliphatic heterocycles. The maximum atomic E-state index is 5.70. The molecule has 0 saturated carbocycles. The quantitative estimate of drug-likeness (QED) is 0.764. The number of benzene rings is 1. The highest BCUT2D eigenvalue weighted by Gasteiger charge is 2.08. The summed E-state index contributed by atoms with van der Waals surface area (Å²) in [4.78, 5) is 4.24. The van der Waals surface area contributed by atoms with Gasteiger partial charge in [0.2, 0.25) is 5.89 Å². The summed E-state index contributed by atoms with van der Waals surface area (Å²) in [5.41, 5.74) is 1.96. The molecule has 3 nitrogen and oxygen atoms in total. The Kier molecular flexibility index (Phi) is 4.18. The molecule has 0 aliphatic rings. The van der Waals surface area contributed by atoms with Crippen LogP contribution in [0.15, 0.2) is 34.7 Å². The number of ether oxygens (including phenoxy) is 1. The van der Waals surface area contributed by atoms with Crippen molar-refractivity contribution in [3.63, 3.8) is 0 Å². The molecular weight excluding hydrogens is 238 g/mol. The zero-order valence-electron chi connectivity index (χ0n) is 9.65. The minimum absolute atomic E-state index is 0.345. The Hall–Kier alpha value is -1.32. The van der Waals surface area contributed by atoms with Crippen molar-refractivity contribution in [2.24, 2.45) is 0 Å². The van der Waals surface area contributed by atoms with E-state index in [1.165, 1.54) is 0 Å². The van der Waals surface area contributed by atoms with Gasteiger partial charge in [-0.3, -0.25) is 0 Å². The van der Waals surface area contributed by atoms with Gasteiger partial charge in [0.05, 0.1) is 18.2 Å². The van der Waals surface area contributed by atoms with Gasteiger partial charge in [0, 0.05) is 0 Å². The molecule has 1 aromatic heterocycles. The molecule has 0 saturated heterocycles. The van der Waals surface area contributed by atoms with Crippen molar-refractivity contribution in [2.45, 2.75) is 26.0 Å². The van der Waals surface area contributed by atoms with E-state index in [2.05, 4.69) is 4.98 Å². The predicted octanol–water partition coefficient (Wildman–Crippen LogP) is 3.44. The minimum Gasteiger partial charge on any atom is -0.442 e.